The first-order chi connectivity index (χ1) is 10.0. The van der Waals surface area contributed by atoms with Crippen LogP contribution in [0.4, 0.5) is 0 Å². The van der Waals surface area contributed by atoms with Crippen molar-refractivity contribution >= 4 is 40.7 Å². The molecule has 0 radical (unpaired) electrons. The average Bonchev–Trinajstić information content (AvgIpc) is 2.51. The van der Waals surface area contributed by atoms with E-state index in [-0.39, 0.29) is 32.6 Å². The zero-order valence-electron chi connectivity index (χ0n) is 11.2. The van der Waals surface area contributed by atoms with E-state index >= 15 is 0 Å². The maximum atomic E-state index is 12.1. The molecule has 1 aromatic carbocycles. The molecule has 0 aliphatic carbocycles. The summed E-state index contributed by atoms with van der Waals surface area (Å²) in [6, 6.07) is 9.91. The second kappa shape index (κ2) is 7.12. The summed E-state index contributed by atoms with van der Waals surface area (Å²) < 4.78 is 0. The molecule has 1 atom stereocenters. The Bertz CT molecular complexity index is 647. The second-order valence-corrected chi connectivity index (χ2v) is 5.77. The molecule has 0 fully saturated rings. The molecule has 0 bridgehead atoms. The number of aromatic nitrogens is 1. The van der Waals surface area contributed by atoms with Crippen molar-refractivity contribution in [2.45, 2.75) is 12.8 Å². The third-order valence-electron chi connectivity index (χ3n) is 3.07. The van der Waals surface area contributed by atoms with Gasteiger partial charge in [-0.2, -0.15) is 0 Å². The summed E-state index contributed by atoms with van der Waals surface area (Å²) in [5.74, 6) is -0.196. The Hall–Kier alpha value is -1.29. The van der Waals surface area contributed by atoms with Gasteiger partial charge in [0.1, 0.15) is 5.69 Å². The van der Waals surface area contributed by atoms with Gasteiger partial charge in [-0.25, -0.2) is 4.98 Å². The van der Waals surface area contributed by atoms with Crippen LogP contribution in [0.2, 0.25) is 15.1 Å². The highest BCUT2D eigenvalue weighted by atomic mass is 35.5. The van der Waals surface area contributed by atoms with Crippen LogP contribution in [-0.2, 0) is 0 Å². The van der Waals surface area contributed by atoms with E-state index in [0.29, 0.717) is 6.54 Å². The van der Waals surface area contributed by atoms with Crippen molar-refractivity contribution in [1.29, 1.82) is 0 Å². The van der Waals surface area contributed by atoms with E-state index in [2.05, 4.69) is 10.3 Å². The van der Waals surface area contributed by atoms with Crippen molar-refractivity contribution in [1.82, 2.24) is 10.3 Å². The summed E-state index contributed by atoms with van der Waals surface area (Å²) in [7, 11) is 0. The number of nitrogens with zero attached hydrogens (tertiary/aromatic N) is 1. The molecule has 1 N–H and O–H groups in total. The first-order valence-corrected chi connectivity index (χ1v) is 7.46. The summed E-state index contributed by atoms with van der Waals surface area (Å²) in [6.45, 7) is 2.50. The second-order valence-electron chi connectivity index (χ2n) is 4.60. The fraction of sp³-hybridized carbons (Fsp3) is 0.200. The predicted octanol–water partition coefficient (Wildman–Crippen LogP) is 4.58. The molecule has 2 rings (SSSR count). The van der Waals surface area contributed by atoms with Crippen molar-refractivity contribution in [3.05, 3.63) is 62.9 Å². The van der Waals surface area contributed by atoms with Crippen LogP contribution in [-0.4, -0.2) is 17.4 Å². The van der Waals surface area contributed by atoms with Gasteiger partial charge in [-0.3, -0.25) is 4.79 Å². The zero-order valence-corrected chi connectivity index (χ0v) is 13.5. The summed E-state index contributed by atoms with van der Waals surface area (Å²) in [4.78, 5) is 16.0. The van der Waals surface area contributed by atoms with Gasteiger partial charge in [-0.1, -0.05) is 72.1 Å². The molecule has 0 saturated carbocycles. The van der Waals surface area contributed by atoms with Crippen molar-refractivity contribution in [3.63, 3.8) is 0 Å². The van der Waals surface area contributed by atoms with Crippen LogP contribution in [0.25, 0.3) is 0 Å². The Balaban J connectivity index is 2.04. The minimum absolute atomic E-state index is 0.0639. The van der Waals surface area contributed by atoms with Gasteiger partial charge in [0.25, 0.3) is 5.91 Å². The molecule has 6 heteroatoms. The first-order valence-electron chi connectivity index (χ1n) is 6.33. The Morgan fingerprint density at radius 3 is 2.52 bits per heavy atom. The molecule has 0 saturated heterocycles. The first kappa shape index (κ1) is 16.1. The lowest BCUT2D eigenvalue weighted by Gasteiger charge is -2.13. The number of benzene rings is 1. The summed E-state index contributed by atoms with van der Waals surface area (Å²) >= 11 is 17.7. The van der Waals surface area contributed by atoms with E-state index in [9.17, 15) is 4.79 Å². The Morgan fingerprint density at radius 1 is 1.19 bits per heavy atom. The molecule has 1 amide bonds. The van der Waals surface area contributed by atoms with Crippen molar-refractivity contribution in [2.75, 3.05) is 6.54 Å². The smallest absolute Gasteiger partial charge is 0.271 e. The average molecular weight is 344 g/mol. The van der Waals surface area contributed by atoms with Crippen LogP contribution in [0.1, 0.15) is 28.9 Å². The summed E-state index contributed by atoms with van der Waals surface area (Å²) in [6.07, 6.45) is 1.31. The van der Waals surface area contributed by atoms with Gasteiger partial charge in [0.05, 0.1) is 15.1 Å². The van der Waals surface area contributed by atoms with Gasteiger partial charge < -0.3 is 5.32 Å². The molecule has 0 aliphatic heterocycles. The monoisotopic (exact) mass is 342 g/mol. The quantitative estimate of drug-likeness (QED) is 0.883. The molecule has 21 heavy (non-hydrogen) atoms. The molecule has 2 aromatic rings. The highest BCUT2D eigenvalue weighted by Crippen LogP contribution is 2.31. The molecular formula is C15H13Cl3N2O. The minimum atomic E-state index is -0.374. The van der Waals surface area contributed by atoms with E-state index < -0.39 is 0 Å². The van der Waals surface area contributed by atoms with E-state index in [4.69, 9.17) is 34.8 Å². The number of amides is 1. The number of carbonyl (C=O) groups is 1. The third-order valence-corrected chi connectivity index (χ3v) is 4.31. The number of rotatable bonds is 4. The number of carbonyl (C=O) groups excluding carboxylic acids is 1. The zero-order chi connectivity index (χ0) is 15.4. The number of hydrogen-bond acceptors (Lipinski definition) is 2. The Labute approximate surface area is 138 Å². The van der Waals surface area contributed by atoms with Crippen LogP contribution < -0.4 is 5.32 Å². The lowest BCUT2D eigenvalue weighted by Crippen LogP contribution is -2.28. The lowest BCUT2D eigenvalue weighted by atomic mass is 10.0. The number of hydrogen-bond donors (Lipinski definition) is 1. The van der Waals surface area contributed by atoms with Gasteiger partial charge in [0.2, 0.25) is 0 Å². The minimum Gasteiger partial charge on any atom is -0.350 e. The van der Waals surface area contributed by atoms with E-state index in [1.165, 1.54) is 6.20 Å². The van der Waals surface area contributed by atoms with Crippen LogP contribution in [0.15, 0.2) is 36.5 Å². The fourth-order valence-corrected chi connectivity index (χ4v) is 2.40. The fourth-order valence-electron chi connectivity index (χ4n) is 1.83. The molecular weight excluding hydrogens is 331 g/mol. The van der Waals surface area contributed by atoms with Crippen LogP contribution in [0, 0.1) is 0 Å². The third kappa shape index (κ3) is 3.88. The highest BCUT2D eigenvalue weighted by Gasteiger charge is 2.17. The number of pyridine rings is 1. The largest absolute Gasteiger partial charge is 0.350 e. The van der Waals surface area contributed by atoms with E-state index in [1.54, 1.807) is 0 Å². The van der Waals surface area contributed by atoms with Crippen LogP contribution >= 0.6 is 34.8 Å². The van der Waals surface area contributed by atoms with Gasteiger partial charge in [0.15, 0.2) is 0 Å². The molecule has 0 unspecified atom stereocenters. The number of nitrogens with one attached hydrogen (secondary N) is 1. The molecule has 1 heterocycles. The van der Waals surface area contributed by atoms with E-state index in [0.717, 1.165) is 5.56 Å². The SMILES string of the molecule is C[C@@H](CNC(=O)c1ncc(Cl)c(Cl)c1Cl)c1ccccc1. The Kier molecular flexibility index (Phi) is 5.45. The number of halogens is 3. The van der Waals surface area contributed by atoms with Crippen molar-refractivity contribution in [3.8, 4) is 0 Å². The van der Waals surface area contributed by atoms with E-state index in [1.807, 2.05) is 37.3 Å². The van der Waals surface area contributed by atoms with Gasteiger partial charge in [-0.05, 0) is 11.5 Å². The summed E-state index contributed by atoms with van der Waals surface area (Å²) in [5, 5.41) is 3.21. The van der Waals surface area contributed by atoms with Gasteiger partial charge >= 0.3 is 0 Å². The van der Waals surface area contributed by atoms with Crippen LogP contribution in [0.5, 0.6) is 0 Å². The molecule has 0 aliphatic rings. The lowest BCUT2D eigenvalue weighted by molar-refractivity contribution is 0.0947. The predicted molar refractivity (Wildman–Crippen MR) is 86.5 cm³/mol. The summed E-state index contributed by atoms with van der Waals surface area (Å²) in [5.41, 5.74) is 1.22. The highest BCUT2D eigenvalue weighted by molar-refractivity contribution is 6.48. The standard InChI is InChI=1S/C15H13Cl3N2O/c1-9(10-5-3-2-4-6-10)7-20-15(21)14-13(18)12(17)11(16)8-19-14/h2-6,8-9H,7H2,1H3,(H,20,21)/t9-/m0/s1. The maximum Gasteiger partial charge on any atom is 0.271 e. The van der Waals surface area contributed by atoms with Crippen molar-refractivity contribution < 1.29 is 4.79 Å². The Morgan fingerprint density at radius 2 is 1.86 bits per heavy atom. The molecule has 1 aromatic heterocycles. The van der Waals surface area contributed by atoms with Gasteiger partial charge in [0, 0.05) is 12.7 Å². The molecule has 3 nitrogen and oxygen atoms in total. The topological polar surface area (TPSA) is 42.0 Å². The molecule has 110 valence electrons. The normalized spacial score (nSPS) is 12.0. The maximum absolute atomic E-state index is 12.1. The molecule has 0 spiro atoms. The van der Waals surface area contributed by atoms with Crippen LogP contribution in [0.3, 0.4) is 0 Å². The van der Waals surface area contributed by atoms with Crippen molar-refractivity contribution in [2.24, 2.45) is 0 Å². The van der Waals surface area contributed by atoms with Gasteiger partial charge in [-0.15, -0.1) is 0 Å².